The van der Waals surface area contributed by atoms with Crippen molar-refractivity contribution in [2.24, 2.45) is 23.7 Å². The van der Waals surface area contributed by atoms with Gasteiger partial charge in [0.25, 0.3) is 5.56 Å². The third kappa shape index (κ3) is 5.73. The molecule has 8 atom stereocenters. The maximum Gasteiger partial charge on any atom is 0.308 e. The van der Waals surface area contributed by atoms with Crippen molar-refractivity contribution in [3.63, 3.8) is 0 Å². The van der Waals surface area contributed by atoms with Crippen LogP contribution in [0.2, 0.25) is 0 Å². The van der Waals surface area contributed by atoms with Gasteiger partial charge in [-0.2, -0.15) is 11.8 Å². The molecule has 0 spiro atoms. The number of fused-ring (bicyclic) bond motifs is 2. The molecule has 7 unspecified atom stereocenters. The van der Waals surface area contributed by atoms with Gasteiger partial charge in [0.15, 0.2) is 0 Å². The van der Waals surface area contributed by atoms with Crippen molar-refractivity contribution >= 4 is 29.3 Å². The quantitative estimate of drug-likeness (QED) is 0.411. The Balaban J connectivity index is 1.19. The summed E-state index contributed by atoms with van der Waals surface area (Å²) in [6.45, 7) is 5.47. The summed E-state index contributed by atoms with van der Waals surface area (Å²) in [5.74, 6) is 8.44. The molecule has 2 N–H and O–H groups in total. The zero-order chi connectivity index (χ0) is 27.8. The molecule has 0 radical (unpaired) electrons. The highest BCUT2D eigenvalue weighted by molar-refractivity contribution is 8.00. The second-order valence-electron chi connectivity index (χ2n) is 12.6. The number of aliphatic carboxylic acids is 1. The lowest BCUT2D eigenvalue weighted by atomic mass is 9.68. The van der Waals surface area contributed by atoms with Crippen molar-refractivity contribution in [3.8, 4) is 11.8 Å². The van der Waals surface area contributed by atoms with Gasteiger partial charge in [-0.05, 0) is 96.2 Å². The Kier molecular flexibility index (Phi) is 8.84. The van der Waals surface area contributed by atoms with Gasteiger partial charge in [-0.15, -0.1) is 11.6 Å². The Hall–Kier alpha value is -1.53. The summed E-state index contributed by atoms with van der Waals surface area (Å²) >= 11 is 8.53. The van der Waals surface area contributed by atoms with Gasteiger partial charge in [-0.25, -0.2) is 4.98 Å². The van der Waals surface area contributed by atoms with Gasteiger partial charge in [0.05, 0.1) is 18.2 Å². The van der Waals surface area contributed by atoms with Gasteiger partial charge in [-0.1, -0.05) is 18.3 Å². The van der Waals surface area contributed by atoms with Crippen LogP contribution in [0.3, 0.4) is 0 Å². The summed E-state index contributed by atoms with van der Waals surface area (Å²) in [6.07, 6.45) is 10.5. The molecule has 1 aromatic heterocycles. The van der Waals surface area contributed by atoms with Crippen molar-refractivity contribution in [3.05, 3.63) is 27.4 Å². The van der Waals surface area contributed by atoms with Crippen LogP contribution in [-0.4, -0.2) is 73.6 Å². The molecule has 5 aliphatic rings. The van der Waals surface area contributed by atoms with Crippen LogP contribution in [0.1, 0.15) is 68.4 Å². The van der Waals surface area contributed by atoms with Gasteiger partial charge in [0.1, 0.15) is 5.82 Å². The number of hydrogen-bond acceptors (Lipinski definition) is 6. The number of alkyl halides is 1. The van der Waals surface area contributed by atoms with Gasteiger partial charge >= 0.3 is 5.97 Å². The lowest BCUT2D eigenvalue weighted by Gasteiger charge is -2.44. The summed E-state index contributed by atoms with van der Waals surface area (Å²) in [5.41, 5.74) is 2.00. The Morgan fingerprint density at radius 1 is 1.18 bits per heavy atom. The average molecular weight is 587 g/mol. The van der Waals surface area contributed by atoms with Crippen LogP contribution >= 0.6 is 23.4 Å². The van der Waals surface area contributed by atoms with Crippen LogP contribution in [-0.2, 0) is 24.2 Å². The van der Waals surface area contributed by atoms with Crippen molar-refractivity contribution in [2.45, 2.75) is 100 Å². The van der Waals surface area contributed by atoms with Crippen LogP contribution in [0.15, 0.2) is 4.79 Å². The molecule has 6 rings (SSSR count). The van der Waals surface area contributed by atoms with E-state index < -0.39 is 5.97 Å². The minimum absolute atomic E-state index is 0.0297. The molecule has 40 heavy (non-hydrogen) atoms. The number of likely N-dealkylation sites (tertiary alicyclic amines) is 1. The summed E-state index contributed by atoms with van der Waals surface area (Å²) in [6, 6.07) is 0.487. The molecule has 1 aromatic rings. The molecule has 0 bridgehead atoms. The van der Waals surface area contributed by atoms with E-state index in [0.717, 1.165) is 81.7 Å². The number of piperidine rings is 2. The first kappa shape index (κ1) is 28.6. The highest BCUT2D eigenvalue weighted by atomic mass is 35.5. The topological polar surface area (TPSA) is 87.5 Å². The van der Waals surface area contributed by atoms with E-state index in [9.17, 15) is 14.7 Å². The molecule has 0 aromatic carbocycles. The van der Waals surface area contributed by atoms with Crippen molar-refractivity contribution in [1.82, 2.24) is 19.8 Å². The van der Waals surface area contributed by atoms with Crippen LogP contribution < -0.4 is 10.9 Å². The minimum Gasteiger partial charge on any atom is -0.481 e. The van der Waals surface area contributed by atoms with Crippen molar-refractivity contribution < 1.29 is 9.90 Å². The number of aryl methyl sites for hydroxylation is 2. The predicted molar refractivity (Wildman–Crippen MR) is 160 cm³/mol. The number of rotatable bonds is 4. The maximum absolute atomic E-state index is 13.7. The molecular formula is C31H43ClN4O3S. The van der Waals surface area contributed by atoms with Crippen molar-refractivity contribution in [2.75, 3.05) is 25.4 Å². The number of nitrogens with one attached hydrogen (secondary N) is 1. The van der Waals surface area contributed by atoms with Crippen LogP contribution in [0.4, 0.5) is 0 Å². The number of halogens is 1. The number of carbonyl (C=O) groups is 1. The number of thioether (sulfide) groups is 1. The fraction of sp³-hybridized carbons (Fsp3) is 0.774. The molecule has 3 saturated heterocycles. The third-order valence-corrected chi connectivity index (χ3v) is 12.3. The molecule has 218 valence electrons. The number of hydrogen-bond donors (Lipinski definition) is 2. The molecule has 1 saturated carbocycles. The molecule has 7 nitrogen and oxygen atoms in total. The maximum atomic E-state index is 13.7. The smallest absolute Gasteiger partial charge is 0.308 e. The Morgan fingerprint density at radius 2 is 2.00 bits per heavy atom. The highest BCUT2D eigenvalue weighted by Crippen LogP contribution is 2.48. The van der Waals surface area contributed by atoms with E-state index in [0.29, 0.717) is 35.4 Å². The number of nitrogens with zero attached hydrogens (tertiary/aromatic N) is 3. The van der Waals surface area contributed by atoms with Gasteiger partial charge in [0.2, 0.25) is 0 Å². The Labute approximate surface area is 247 Å². The van der Waals surface area contributed by atoms with Gasteiger partial charge in [-0.3, -0.25) is 14.2 Å². The summed E-state index contributed by atoms with van der Waals surface area (Å²) in [5, 5.41) is 13.7. The largest absolute Gasteiger partial charge is 0.481 e. The first-order valence-corrected chi connectivity index (χ1v) is 16.9. The van der Waals surface area contributed by atoms with Crippen LogP contribution in [0, 0.1) is 42.4 Å². The minimum atomic E-state index is -0.690. The summed E-state index contributed by atoms with van der Waals surface area (Å²) < 4.78 is 1.79. The Bertz CT molecular complexity index is 1220. The fourth-order valence-electron chi connectivity index (χ4n) is 8.21. The van der Waals surface area contributed by atoms with E-state index in [-0.39, 0.29) is 28.8 Å². The second kappa shape index (κ2) is 12.4. The molecule has 4 heterocycles. The number of aromatic nitrogens is 2. The lowest BCUT2D eigenvalue weighted by molar-refractivity contribution is -0.141. The highest BCUT2D eigenvalue weighted by Gasteiger charge is 2.50. The van der Waals surface area contributed by atoms with E-state index in [1.165, 1.54) is 19.3 Å². The zero-order valence-electron chi connectivity index (χ0n) is 23.6. The SMILES string of the molecule is Cc1nc2c(c(=O)n1CC#CC1CCC(Cl)CC1C1CCNC3C(C(=O)O)CSC13)C[C@@H](N1CCCCC1)CC2. The van der Waals surface area contributed by atoms with Crippen LogP contribution in [0.25, 0.3) is 0 Å². The lowest BCUT2D eigenvalue weighted by Crippen LogP contribution is -2.53. The second-order valence-corrected chi connectivity index (χ2v) is 14.5. The van der Waals surface area contributed by atoms with Crippen molar-refractivity contribution in [1.29, 1.82) is 0 Å². The van der Waals surface area contributed by atoms with E-state index >= 15 is 0 Å². The summed E-state index contributed by atoms with van der Waals surface area (Å²) in [7, 11) is 0. The van der Waals surface area contributed by atoms with Gasteiger partial charge in [0, 0.05) is 39.9 Å². The molecule has 2 aliphatic carbocycles. The molecule has 0 amide bonds. The zero-order valence-corrected chi connectivity index (χ0v) is 25.2. The first-order chi connectivity index (χ1) is 19.4. The standard InChI is InChI=1S/C31H43ClN4O3S/c1-19-34-27-10-9-22(35-13-3-2-4-14-35)17-25(27)30(37)36(19)15-5-6-20-7-8-21(32)16-24(20)23-11-12-33-28-26(31(38)39)18-40-29(23)28/h20-24,26,28-29,33H,2-4,7-18H2,1H3,(H,38,39)/t20?,21?,22-,23?,24?,26?,28?,29?/m0/s1. The molecule has 4 fully saturated rings. The van der Waals surface area contributed by atoms with E-state index in [4.69, 9.17) is 16.6 Å². The predicted octanol–water partition coefficient (Wildman–Crippen LogP) is 3.72. The molecule has 9 heteroatoms. The van der Waals surface area contributed by atoms with Crippen LogP contribution in [0.5, 0.6) is 0 Å². The fourth-order valence-corrected chi connectivity index (χ4v) is 10.4. The average Bonchev–Trinajstić information content (AvgIpc) is 3.41. The Morgan fingerprint density at radius 3 is 2.80 bits per heavy atom. The van der Waals surface area contributed by atoms with Gasteiger partial charge < -0.3 is 15.3 Å². The number of carboxylic acids is 1. The monoisotopic (exact) mass is 586 g/mol. The first-order valence-electron chi connectivity index (χ1n) is 15.4. The number of carboxylic acid groups (broad SMARTS) is 1. The van der Waals surface area contributed by atoms with E-state index in [1.54, 1.807) is 4.57 Å². The van der Waals surface area contributed by atoms with E-state index in [2.05, 4.69) is 22.1 Å². The van der Waals surface area contributed by atoms with E-state index in [1.807, 2.05) is 18.7 Å². The normalized spacial score (nSPS) is 36.2. The molecule has 3 aliphatic heterocycles. The molecular weight excluding hydrogens is 544 g/mol. The third-order valence-electron chi connectivity index (χ3n) is 10.4. The summed E-state index contributed by atoms with van der Waals surface area (Å²) in [4.78, 5) is 33.0.